The number of hydrogen-bond donors (Lipinski definition) is 2. The highest BCUT2D eigenvalue weighted by atomic mass is 16.2. The molecule has 144 valence electrons. The Balaban J connectivity index is 1.76. The van der Waals surface area contributed by atoms with Crippen molar-refractivity contribution < 1.29 is 15.1 Å². The van der Waals surface area contributed by atoms with Gasteiger partial charge in [-0.1, -0.05) is 42.0 Å². The van der Waals surface area contributed by atoms with Gasteiger partial charge in [0.1, 0.15) is 17.7 Å². The van der Waals surface area contributed by atoms with Crippen molar-refractivity contribution in [3.63, 3.8) is 0 Å². The normalized spacial score (nSPS) is 13.1. The van der Waals surface area contributed by atoms with Crippen LogP contribution in [0.2, 0.25) is 0 Å². The molecular formula is C22H19N5O2. The number of nitrogens with zero attached hydrogens (tertiary/aromatic N) is 3. The fourth-order valence-corrected chi connectivity index (χ4v) is 2.34. The third-order valence-corrected chi connectivity index (χ3v) is 3.81. The molecule has 0 saturated heterocycles. The number of aryl methyl sites for hydroxylation is 1. The summed E-state index contributed by atoms with van der Waals surface area (Å²) < 4.78 is 32.6. The Bertz CT molecular complexity index is 1240. The van der Waals surface area contributed by atoms with Crippen LogP contribution in [0.15, 0.2) is 60.9 Å². The third-order valence-electron chi connectivity index (χ3n) is 3.81. The van der Waals surface area contributed by atoms with E-state index in [2.05, 4.69) is 20.6 Å². The number of amides is 2. The fraction of sp³-hybridized carbons (Fsp3) is 0.136. The van der Waals surface area contributed by atoms with Crippen molar-refractivity contribution in [2.75, 3.05) is 0 Å². The topological polar surface area (TPSA) is 108 Å². The van der Waals surface area contributed by atoms with E-state index in [4.69, 9.17) is 10.7 Å². The van der Waals surface area contributed by atoms with Crippen LogP contribution >= 0.6 is 0 Å². The predicted octanol–water partition coefficient (Wildman–Crippen LogP) is 2.52. The SMILES string of the molecule is [2H]C([2H])(NC(=O)c1cc(C(=O)NC([2H])([2H])c2cccc(C)c2)ncn1)c1ccc(C#N)cc1. The minimum Gasteiger partial charge on any atom is -0.347 e. The molecule has 3 rings (SSSR count). The number of benzene rings is 2. The molecule has 0 spiro atoms. The molecule has 0 fully saturated rings. The van der Waals surface area contributed by atoms with Gasteiger partial charge in [0, 0.05) is 19.1 Å². The van der Waals surface area contributed by atoms with E-state index in [1.54, 1.807) is 25.1 Å². The molecule has 0 unspecified atom stereocenters. The number of hydrogen-bond acceptors (Lipinski definition) is 5. The van der Waals surface area contributed by atoms with Gasteiger partial charge in [-0.25, -0.2) is 9.97 Å². The lowest BCUT2D eigenvalue weighted by Crippen LogP contribution is -2.27. The number of carbonyl (C=O) groups excluding carboxylic acids is 2. The molecule has 2 aromatic carbocycles. The van der Waals surface area contributed by atoms with Crippen LogP contribution in [0.25, 0.3) is 0 Å². The Morgan fingerprint density at radius 3 is 2.17 bits per heavy atom. The van der Waals surface area contributed by atoms with E-state index < -0.39 is 24.8 Å². The van der Waals surface area contributed by atoms with Crippen molar-refractivity contribution in [1.82, 2.24) is 20.6 Å². The number of rotatable bonds is 6. The van der Waals surface area contributed by atoms with E-state index in [0.717, 1.165) is 18.0 Å². The van der Waals surface area contributed by atoms with Gasteiger partial charge < -0.3 is 10.6 Å². The zero-order valence-electron chi connectivity index (χ0n) is 19.4. The average Bonchev–Trinajstić information content (AvgIpc) is 2.78. The summed E-state index contributed by atoms with van der Waals surface area (Å²) in [7, 11) is 0. The van der Waals surface area contributed by atoms with Crippen LogP contribution in [-0.2, 0) is 13.0 Å². The molecule has 2 N–H and O–H groups in total. The number of nitrogens with one attached hydrogen (secondary N) is 2. The maximum Gasteiger partial charge on any atom is 0.270 e. The van der Waals surface area contributed by atoms with Gasteiger partial charge >= 0.3 is 0 Å². The van der Waals surface area contributed by atoms with Gasteiger partial charge in [-0.15, -0.1) is 0 Å². The average molecular weight is 389 g/mol. The smallest absolute Gasteiger partial charge is 0.270 e. The van der Waals surface area contributed by atoms with E-state index in [1.807, 2.05) is 6.07 Å². The Hall–Kier alpha value is -4.05. The molecule has 0 aliphatic carbocycles. The van der Waals surface area contributed by atoms with E-state index >= 15 is 0 Å². The molecule has 0 bridgehead atoms. The van der Waals surface area contributed by atoms with E-state index in [-0.39, 0.29) is 22.5 Å². The molecule has 0 aliphatic rings. The summed E-state index contributed by atoms with van der Waals surface area (Å²) in [5.41, 5.74) is 1.00. The van der Waals surface area contributed by atoms with Crippen LogP contribution in [0, 0.1) is 18.3 Å². The van der Waals surface area contributed by atoms with Crippen molar-refractivity contribution in [3.8, 4) is 6.07 Å². The zero-order valence-corrected chi connectivity index (χ0v) is 15.4. The summed E-state index contributed by atoms with van der Waals surface area (Å²) in [5, 5.41) is 13.3. The van der Waals surface area contributed by atoms with Gasteiger partial charge in [0.2, 0.25) is 0 Å². The summed E-state index contributed by atoms with van der Waals surface area (Å²) in [6.07, 6.45) is 0.962. The lowest BCUT2D eigenvalue weighted by Gasteiger charge is -2.07. The van der Waals surface area contributed by atoms with Gasteiger partial charge in [0.15, 0.2) is 0 Å². The molecule has 1 aromatic heterocycles. The largest absolute Gasteiger partial charge is 0.347 e. The molecule has 7 heteroatoms. The van der Waals surface area contributed by atoms with Crippen molar-refractivity contribution in [2.45, 2.75) is 19.9 Å². The highest BCUT2D eigenvalue weighted by molar-refractivity contribution is 5.97. The van der Waals surface area contributed by atoms with Crippen LogP contribution < -0.4 is 10.6 Å². The standard InChI is InChI=1S/C22H19N5O2/c1-15-3-2-4-18(9-15)13-25-22(29)20-10-19(26-14-27-20)21(28)24-12-17-7-5-16(11-23)6-8-17/h2-10,14H,12-13H2,1H3,(H,24,28)(H,25,29)/i12D2,13D2. The molecule has 0 aliphatic heterocycles. The highest BCUT2D eigenvalue weighted by Gasteiger charge is 2.13. The van der Waals surface area contributed by atoms with E-state index in [1.165, 1.54) is 30.3 Å². The van der Waals surface area contributed by atoms with Crippen LogP contribution in [0.3, 0.4) is 0 Å². The molecule has 7 nitrogen and oxygen atoms in total. The van der Waals surface area contributed by atoms with Crippen molar-refractivity contribution in [2.24, 2.45) is 0 Å². The van der Waals surface area contributed by atoms with Crippen molar-refractivity contribution >= 4 is 11.8 Å². The van der Waals surface area contributed by atoms with Crippen LogP contribution in [0.1, 0.15) is 48.7 Å². The molecule has 3 aromatic rings. The lowest BCUT2D eigenvalue weighted by atomic mass is 10.1. The van der Waals surface area contributed by atoms with E-state index in [9.17, 15) is 9.59 Å². The molecular weight excluding hydrogens is 366 g/mol. The summed E-state index contributed by atoms with van der Waals surface area (Å²) in [5.74, 6) is -1.77. The van der Waals surface area contributed by atoms with Crippen LogP contribution in [-0.4, -0.2) is 21.8 Å². The first-order valence-electron chi connectivity index (χ1n) is 10.6. The number of carbonyl (C=O) groups is 2. The maximum absolute atomic E-state index is 12.6. The van der Waals surface area contributed by atoms with Gasteiger partial charge in [-0.05, 0) is 30.2 Å². The Kier molecular flexibility index (Phi) is 4.76. The Morgan fingerprint density at radius 2 is 1.59 bits per heavy atom. The molecule has 0 saturated carbocycles. The van der Waals surface area contributed by atoms with Gasteiger partial charge in [-0.3, -0.25) is 9.59 Å². The van der Waals surface area contributed by atoms with Crippen LogP contribution in [0.4, 0.5) is 0 Å². The second-order valence-electron chi connectivity index (χ2n) is 6.01. The molecule has 29 heavy (non-hydrogen) atoms. The van der Waals surface area contributed by atoms with Crippen molar-refractivity contribution in [3.05, 3.63) is 94.6 Å². The number of aromatic nitrogens is 2. The molecule has 1 heterocycles. The quantitative estimate of drug-likeness (QED) is 0.673. The predicted molar refractivity (Wildman–Crippen MR) is 107 cm³/mol. The molecule has 2 amide bonds. The summed E-state index contributed by atoms with van der Waals surface area (Å²) >= 11 is 0. The van der Waals surface area contributed by atoms with Gasteiger partial charge in [0.25, 0.3) is 11.8 Å². The lowest BCUT2D eigenvalue weighted by molar-refractivity contribution is 0.0944. The first-order chi connectivity index (χ1) is 15.5. The second kappa shape index (κ2) is 9.24. The first kappa shape index (κ1) is 14.9. The Labute approximate surface area is 174 Å². The van der Waals surface area contributed by atoms with Crippen molar-refractivity contribution in [1.29, 1.82) is 5.26 Å². The first-order valence-corrected chi connectivity index (χ1v) is 8.57. The van der Waals surface area contributed by atoms with Gasteiger partial charge in [-0.2, -0.15) is 5.26 Å². The van der Waals surface area contributed by atoms with Gasteiger partial charge in [0.05, 0.1) is 17.1 Å². The monoisotopic (exact) mass is 389 g/mol. The van der Waals surface area contributed by atoms with E-state index in [0.29, 0.717) is 5.56 Å². The van der Waals surface area contributed by atoms with Crippen LogP contribution in [0.5, 0.6) is 0 Å². The molecule has 0 radical (unpaired) electrons. The highest BCUT2D eigenvalue weighted by Crippen LogP contribution is 2.06. The maximum atomic E-state index is 12.6. The summed E-state index contributed by atoms with van der Waals surface area (Å²) in [6.45, 7) is -2.67. The number of nitriles is 1. The zero-order chi connectivity index (χ0) is 24.2. The minimum absolute atomic E-state index is 0.119. The minimum atomic E-state index is -2.28. The summed E-state index contributed by atoms with van der Waals surface area (Å²) in [6, 6.07) is 15.2. The Morgan fingerprint density at radius 1 is 0.966 bits per heavy atom. The second-order valence-corrected chi connectivity index (χ2v) is 6.01. The summed E-state index contributed by atoms with van der Waals surface area (Å²) in [4.78, 5) is 32.7. The molecule has 0 atom stereocenters. The third kappa shape index (κ3) is 5.47. The fourth-order valence-electron chi connectivity index (χ4n) is 2.34.